The Labute approximate surface area is 122 Å². The van der Waals surface area contributed by atoms with Crippen LogP contribution in [0.5, 0.6) is 0 Å². The van der Waals surface area contributed by atoms with Gasteiger partial charge in [-0.15, -0.1) is 0 Å². The van der Waals surface area contributed by atoms with Gasteiger partial charge in [0.25, 0.3) is 0 Å². The van der Waals surface area contributed by atoms with Crippen molar-refractivity contribution in [1.29, 1.82) is 0 Å². The average molecular weight is 285 g/mol. The first-order chi connectivity index (χ1) is 10.1. The maximum absolute atomic E-state index is 4.46. The number of hydrogen-bond acceptors (Lipinski definition) is 5. The van der Waals surface area contributed by atoms with Crippen molar-refractivity contribution < 1.29 is 0 Å². The number of nitrogens with one attached hydrogen (secondary N) is 2. The molecule has 0 aliphatic rings. The second-order valence-corrected chi connectivity index (χ2v) is 5.17. The summed E-state index contributed by atoms with van der Waals surface area (Å²) in [6.45, 7) is 7.72. The molecule has 0 aromatic carbocycles. The van der Waals surface area contributed by atoms with Crippen molar-refractivity contribution in [3.63, 3.8) is 0 Å². The Balaban J connectivity index is 1.61. The first kappa shape index (κ1) is 13.5. The molecule has 7 nitrogen and oxygen atoms in total. The van der Waals surface area contributed by atoms with Crippen molar-refractivity contribution in [1.82, 2.24) is 29.7 Å². The van der Waals surface area contributed by atoms with Gasteiger partial charge in [-0.25, -0.2) is 15.0 Å². The molecule has 0 radical (unpaired) electrons. The van der Waals surface area contributed by atoms with Gasteiger partial charge in [-0.1, -0.05) is 0 Å². The van der Waals surface area contributed by atoms with Crippen molar-refractivity contribution in [2.24, 2.45) is 0 Å². The zero-order chi connectivity index (χ0) is 14.8. The maximum Gasteiger partial charge on any atom is 0.183 e. The molecule has 0 amide bonds. The predicted octanol–water partition coefficient (Wildman–Crippen LogP) is 1.98. The van der Waals surface area contributed by atoms with Gasteiger partial charge in [0.15, 0.2) is 11.5 Å². The minimum Gasteiger partial charge on any atom is -0.368 e. The topological polar surface area (TPSA) is 84.3 Å². The molecule has 21 heavy (non-hydrogen) atoms. The number of aromatic amines is 1. The quantitative estimate of drug-likeness (QED) is 0.700. The molecule has 0 aliphatic heterocycles. The molecule has 0 saturated carbocycles. The normalized spacial score (nSPS) is 11.2. The van der Waals surface area contributed by atoms with Crippen LogP contribution in [-0.4, -0.2) is 36.3 Å². The van der Waals surface area contributed by atoms with Gasteiger partial charge < -0.3 is 10.3 Å². The van der Waals surface area contributed by atoms with Crippen LogP contribution in [-0.2, 0) is 6.54 Å². The summed E-state index contributed by atoms with van der Waals surface area (Å²) < 4.78 is 2.03. The Kier molecular flexibility index (Phi) is 3.55. The average Bonchev–Trinajstić information content (AvgIpc) is 2.96. The Morgan fingerprint density at radius 1 is 1.24 bits per heavy atom. The van der Waals surface area contributed by atoms with E-state index in [0.717, 1.165) is 42.4 Å². The Hall–Kier alpha value is -2.44. The Morgan fingerprint density at radius 2 is 2.10 bits per heavy atom. The monoisotopic (exact) mass is 285 g/mol. The van der Waals surface area contributed by atoms with E-state index in [0.29, 0.717) is 5.65 Å². The molecule has 2 N–H and O–H groups in total. The molecule has 0 aliphatic carbocycles. The fourth-order valence-corrected chi connectivity index (χ4v) is 2.41. The first-order valence-corrected chi connectivity index (χ1v) is 7.06. The van der Waals surface area contributed by atoms with Crippen LogP contribution >= 0.6 is 0 Å². The van der Waals surface area contributed by atoms with E-state index in [4.69, 9.17) is 0 Å². The molecule has 3 rings (SSSR count). The summed E-state index contributed by atoms with van der Waals surface area (Å²) in [6, 6.07) is 2.09. The van der Waals surface area contributed by atoms with Crippen LogP contribution in [0.25, 0.3) is 11.2 Å². The number of imidazole rings is 1. The second-order valence-electron chi connectivity index (χ2n) is 5.17. The van der Waals surface area contributed by atoms with Gasteiger partial charge in [0.1, 0.15) is 17.7 Å². The van der Waals surface area contributed by atoms with Crippen LogP contribution in [0.2, 0.25) is 0 Å². The van der Waals surface area contributed by atoms with E-state index in [9.17, 15) is 0 Å². The zero-order valence-corrected chi connectivity index (χ0v) is 12.5. The molecule has 0 bridgehead atoms. The highest BCUT2D eigenvalue weighted by Gasteiger charge is 2.07. The molecular weight excluding hydrogens is 266 g/mol. The van der Waals surface area contributed by atoms with E-state index in [2.05, 4.69) is 43.3 Å². The van der Waals surface area contributed by atoms with Crippen LogP contribution in [0.15, 0.2) is 12.4 Å². The van der Waals surface area contributed by atoms with Crippen molar-refractivity contribution >= 4 is 17.0 Å². The zero-order valence-electron chi connectivity index (χ0n) is 12.5. The summed E-state index contributed by atoms with van der Waals surface area (Å²) in [5.74, 6) is 1.64. The minimum absolute atomic E-state index is 0.698. The molecule has 0 atom stereocenters. The third-order valence-corrected chi connectivity index (χ3v) is 3.35. The number of aromatic nitrogens is 6. The number of nitrogens with zero attached hydrogens (tertiary/aromatic N) is 5. The SMILES string of the molecule is Cc1cc(C)n(CCCNc2ncnc3nc(C)[nH]c23)n1. The fourth-order valence-electron chi connectivity index (χ4n) is 2.41. The Bertz CT molecular complexity index is 756. The lowest BCUT2D eigenvalue weighted by Crippen LogP contribution is -2.10. The van der Waals surface area contributed by atoms with E-state index < -0.39 is 0 Å². The molecule has 3 aromatic heterocycles. The summed E-state index contributed by atoms with van der Waals surface area (Å²) in [5.41, 5.74) is 3.82. The van der Waals surface area contributed by atoms with Gasteiger partial charge in [-0.3, -0.25) is 4.68 Å². The highest BCUT2D eigenvalue weighted by molar-refractivity contribution is 5.82. The summed E-state index contributed by atoms with van der Waals surface area (Å²) in [6.07, 6.45) is 2.51. The summed E-state index contributed by atoms with van der Waals surface area (Å²) in [7, 11) is 0. The highest BCUT2D eigenvalue weighted by Crippen LogP contribution is 2.16. The smallest absolute Gasteiger partial charge is 0.183 e. The van der Waals surface area contributed by atoms with Crippen molar-refractivity contribution in [2.75, 3.05) is 11.9 Å². The maximum atomic E-state index is 4.46. The molecule has 110 valence electrons. The van der Waals surface area contributed by atoms with Crippen molar-refractivity contribution in [3.8, 4) is 0 Å². The largest absolute Gasteiger partial charge is 0.368 e. The number of fused-ring (bicyclic) bond motifs is 1. The molecule has 0 spiro atoms. The van der Waals surface area contributed by atoms with Crippen LogP contribution in [0.3, 0.4) is 0 Å². The lowest BCUT2D eigenvalue weighted by Gasteiger charge is -2.07. The van der Waals surface area contributed by atoms with Crippen LogP contribution in [0.4, 0.5) is 5.82 Å². The third kappa shape index (κ3) is 2.86. The minimum atomic E-state index is 0.698. The van der Waals surface area contributed by atoms with Gasteiger partial charge in [-0.05, 0) is 33.3 Å². The molecule has 7 heteroatoms. The van der Waals surface area contributed by atoms with Crippen molar-refractivity contribution in [3.05, 3.63) is 29.6 Å². The van der Waals surface area contributed by atoms with E-state index in [1.165, 1.54) is 12.0 Å². The number of rotatable bonds is 5. The van der Waals surface area contributed by atoms with Gasteiger partial charge in [0.2, 0.25) is 0 Å². The van der Waals surface area contributed by atoms with Crippen LogP contribution < -0.4 is 5.32 Å². The number of hydrogen-bond donors (Lipinski definition) is 2. The Morgan fingerprint density at radius 3 is 2.86 bits per heavy atom. The number of anilines is 1. The van der Waals surface area contributed by atoms with Crippen molar-refractivity contribution in [2.45, 2.75) is 33.7 Å². The lowest BCUT2D eigenvalue weighted by molar-refractivity contribution is 0.573. The van der Waals surface area contributed by atoms with Crippen LogP contribution in [0.1, 0.15) is 23.6 Å². The summed E-state index contributed by atoms with van der Waals surface area (Å²) >= 11 is 0. The highest BCUT2D eigenvalue weighted by atomic mass is 15.3. The molecule has 3 heterocycles. The number of H-pyrrole nitrogens is 1. The van der Waals surface area contributed by atoms with E-state index in [1.54, 1.807) is 0 Å². The van der Waals surface area contributed by atoms with E-state index >= 15 is 0 Å². The molecular formula is C14H19N7. The van der Waals surface area contributed by atoms with E-state index in [1.807, 2.05) is 18.5 Å². The predicted molar refractivity (Wildman–Crippen MR) is 81.2 cm³/mol. The second kappa shape index (κ2) is 5.51. The van der Waals surface area contributed by atoms with Gasteiger partial charge in [0.05, 0.1) is 5.69 Å². The third-order valence-electron chi connectivity index (χ3n) is 3.35. The van der Waals surface area contributed by atoms with E-state index in [-0.39, 0.29) is 0 Å². The fraction of sp³-hybridized carbons (Fsp3) is 0.429. The van der Waals surface area contributed by atoms with Gasteiger partial charge in [-0.2, -0.15) is 5.10 Å². The molecule has 0 saturated heterocycles. The summed E-state index contributed by atoms with van der Waals surface area (Å²) in [5, 5.41) is 7.79. The molecule has 3 aromatic rings. The summed E-state index contributed by atoms with van der Waals surface area (Å²) in [4.78, 5) is 15.9. The molecule has 0 fully saturated rings. The van der Waals surface area contributed by atoms with Crippen LogP contribution in [0, 0.1) is 20.8 Å². The van der Waals surface area contributed by atoms with Gasteiger partial charge >= 0.3 is 0 Å². The van der Waals surface area contributed by atoms with Gasteiger partial charge in [0, 0.05) is 18.8 Å². The first-order valence-electron chi connectivity index (χ1n) is 7.06. The molecule has 0 unspecified atom stereocenters. The standard InChI is InChI=1S/C14H19N7/c1-9-7-10(2)21(20-9)6-4-5-15-13-12-14(17-8-16-13)19-11(3)18-12/h7-8H,4-6H2,1-3H3,(H2,15,16,17,18,19). The number of aryl methyl sites for hydroxylation is 4. The lowest BCUT2D eigenvalue weighted by atomic mass is 10.3.